The molecule has 5 heteroatoms. The van der Waals surface area contributed by atoms with Gasteiger partial charge in [0, 0.05) is 24.2 Å². The fourth-order valence-electron chi connectivity index (χ4n) is 2.21. The lowest BCUT2D eigenvalue weighted by molar-refractivity contribution is 0.238. The second-order valence-corrected chi connectivity index (χ2v) is 5.28. The molecule has 1 saturated heterocycles. The van der Waals surface area contributed by atoms with Crippen LogP contribution < -0.4 is 16.0 Å². The van der Waals surface area contributed by atoms with Gasteiger partial charge in [0.25, 0.3) is 0 Å². The summed E-state index contributed by atoms with van der Waals surface area (Å²) < 4.78 is 0. The minimum absolute atomic E-state index is 0.132. The van der Waals surface area contributed by atoms with Crippen LogP contribution in [0.3, 0.4) is 0 Å². The van der Waals surface area contributed by atoms with Gasteiger partial charge in [0.1, 0.15) is 0 Å². The van der Waals surface area contributed by atoms with Gasteiger partial charge in [-0.1, -0.05) is 30.2 Å². The predicted octanol–water partition coefficient (Wildman–Crippen LogP) is 2.28. The van der Waals surface area contributed by atoms with Crippen molar-refractivity contribution in [2.24, 2.45) is 0 Å². The Morgan fingerprint density at radius 3 is 3.00 bits per heavy atom. The summed E-state index contributed by atoms with van der Waals surface area (Å²) in [6.07, 6.45) is 3.61. The summed E-state index contributed by atoms with van der Waals surface area (Å²) in [7, 11) is 0. The molecule has 2 rings (SSSR count). The number of carbonyl (C=O) groups excluding carboxylic acids is 1. The van der Waals surface area contributed by atoms with Crippen LogP contribution >= 0.6 is 11.6 Å². The molecule has 0 aliphatic carbocycles. The Bertz CT molecular complexity index is 419. The molecule has 0 bridgehead atoms. The number of halogens is 1. The van der Waals surface area contributed by atoms with Crippen molar-refractivity contribution in [1.29, 1.82) is 0 Å². The standard InChI is InChI=1S/C14H20ClN3O/c15-12-5-3-4-11(8-12)9-17-14(19)18-10-13-6-1-2-7-16-13/h3-5,8,13,16H,1-2,6-7,9-10H2,(H2,17,18,19). The summed E-state index contributed by atoms with van der Waals surface area (Å²) in [5, 5.41) is 9.80. The Hall–Kier alpha value is -1.26. The molecule has 0 radical (unpaired) electrons. The Morgan fingerprint density at radius 1 is 1.37 bits per heavy atom. The van der Waals surface area contributed by atoms with Gasteiger partial charge in [-0.2, -0.15) is 0 Å². The normalized spacial score (nSPS) is 18.9. The van der Waals surface area contributed by atoms with E-state index < -0.39 is 0 Å². The summed E-state index contributed by atoms with van der Waals surface area (Å²) in [5.41, 5.74) is 0.999. The van der Waals surface area contributed by atoms with E-state index in [4.69, 9.17) is 11.6 Å². The van der Waals surface area contributed by atoms with Crippen LogP contribution in [0.1, 0.15) is 24.8 Å². The van der Waals surface area contributed by atoms with Crippen molar-refractivity contribution >= 4 is 17.6 Å². The maximum absolute atomic E-state index is 11.7. The number of urea groups is 1. The van der Waals surface area contributed by atoms with E-state index in [2.05, 4.69) is 16.0 Å². The first-order chi connectivity index (χ1) is 9.24. The minimum Gasteiger partial charge on any atom is -0.337 e. The highest BCUT2D eigenvalue weighted by Gasteiger charge is 2.12. The average Bonchev–Trinajstić information content (AvgIpc) is 2.44. The van der Waals surface area contributed by atoms with Gasteiger partial charge in [-0.25, -0.2) is 4.79 Å². The summed E-state index contributed by atoms with van der Waals surface area (Å²) in [4.78, 5) is 11.7. The number of hydrogen-bond donors (Lipinski definition) is 3. The lowest BCUT2D eigenvalue weighted by Crippen LogP contribution is -2.46. The molecule has 1 heterocycles. The van der Waals surface area contributed by atoms with E-state index >= 15 is 0 Å². The quantitative estimate of drug-likeness (QED) is 0.793. The highest BCUT2D eigenvalue weighted by molar-refractivity contribution is 6.30. The molecule has 104 valence electrons. The molecule has 1 aliphatic heterocycles. The number of amides is 2. The molecule has 1 aromatic carbocycles. The van der Waals surface area contributed by atoms with Crippen molar-refractivity contribution in [3.05, 3.63) is 34.9 Å². The molecule has 1 aliphatic rings. The molecule has 1 fully saturated rings. The van der Waals surface area contributed by atoms with Gasteiger partial charge in [0.2, 0.25) is 0 Å². The van der Waals surface area contributed by atoms with Crippen LogP contribution in [-0.4, -0.2) is 25.2 Å². The third kappa shape index (κ3) is 5.09. The summed E-state index contributed by atoms with van der Waals surface area (Å²) in [5.74, 6) is 0. The lowest BCUT2D eigenvalue weighted by atomic mass is 10.1. The maximum Gasteiger partial charge on any atom is 0.315 e. The number of piperidine rings is 1. The smallest absolute Gasteiger partial charge is 0.315 e. The maximum atomic E-state index is 11.7. The molecule has 0 aromatic heterocycles. The van der Waals surface area contributed by atoms with Gasteiger partial charge >= 0.3 is 6.03 Å². The van der Waals surface area contributed by atoms with Gasteiger partial charge in [0.05, 0.1) is 0 Å². The van der Waals surface area contributed by atoms with E-state index in [1.807, 2.05) is 24.3 Å². The Morgan fingerprint density at radius 2 is 2.26 bits per heavy atom. The van der Waals surface area contributed by atoms with Crippen LogP contribution in [0.15, 0.2) is 24.3 Å². The summed E-state index contributed by atoms with van der Waals surface area (Å²) in [6, 6.07) is 7.76. The van der Waals surface area contributed by atoms with Crippen LogP contribution in [0, 0.1) is 0 Å². The Kier molecular flexibility index (Phi) is 5.48. The first-order valence-corrected chi connectivity index (χ1v) is 7.11. The number of rotatable bonds is 4. The Labute approximate surface area is 118 Å². The van der Waals surface area contributed by atoms with Crippen molar-refractivity contribution in [1.82, 2.24) is 16.0 Å². The van der Waals surface area contributed by atoms with Crippen molar-refractivity contribution in [2.75, 3.05) is 13.1 Å². The second-order valence-electron chi connectivity index (χ2n) is 4.84. The zero-order chi connectivity index (χ0) is 13.5. The molecule has 2 amide bonds. The SMILES string of the molecule is O=C(NCc1cccc(Cl)c1)NCC1CCCCN1. The van der Waals surface area contributed by atoms with Gasteiger partial charge < -0.3 is 16.0 Å². The fraction of sp³-hybridized carbons (Fsp3) is 0.500. The second kappa shape index (κ2) is 7.36. The van der Waals surface area contributed by atoms with E-state index in [1.165, 1.54) is 12.8 Å². The van der Waals surface area contributed by atoms with Crippen molar-refractivity contribution in [3.63, 3.8) is 0 Å². The zero-order valence-corrected chi connectivity index (χ0v) is 11.7. The highest BCUT2D eigenvalue weighted by atomic mass is 35.5. The molecule has 0 saturated carbocycles. The van der Waals surface area contributed by atoms with E-state index in [1.54, 1.807) is 0 Å². The van der Waals surface area contributed by atoms with Gasteiger partial charge in [-0.3, -0.25) is 0 Å². The van der Waals surface area contributed by atoms with Crippen LogP contribution in [-0.2, 0) is 6.54 Å². The van der Waals surface area contributed by atoms with E-state index in [0.29, 0.717) is 24.2 Å². The molecular formula is C14H20ClN3O. The van der Waals surface area contributed by atoms with Crippen molar-refractivity contribution in [2.45, 2.75) is 31.8 Å². The van der Waals surface area contributed by atoms with E-state index in [-0.39, 0.29) is 6.03 Å². The lowest BCUT2D eigenvalue weighted by Gasteiger charge is -2.23. The molecule has 0 spiro atoms. The molecule has 19 heavy (non-hydrogen) atoms. The van der Waals surface area contributed by atoms with Crippen LogP contribution in [0.25, 0.3) is 0 Å². The average molecular weight is 282 g/mol. The molecule has 3 N–H and O–H groups in total. The summed E-state index contributed by atoms with van der Waals surface area (Å²) in [6.45, 7) is 2.22. The predicted molar refractivity (Wildman–Crippen MR) is 77.3 cm³/mol. The number of nitrogens with one attached hydrogen (secondary N) is 3. The minimum atomic E-state index is -0.132. The first-order valence-electron chi connectivity index (χ1n) is 6.73. The molecule has 1 aromatic rings. The number of benzene rings is 1. The van der Waals surface area contributed by atoms with Crippen LogP contribution in [0.5, 0.6) is 0 Å². The molecule has 4 nitrogen and oxygen atoms in total. The van der Waals surface area contributed by atoms with Gasteiger partial charge in [-0.05, 0) is 37.1 Å². The van der Waals surface area contributed by atoms with Crippen molar-refractivity contribution in [3.8, 4) is 0 Å². The molecule has 1 unspecified atom stereocenters. The summed E-state index contributed by atoms with van der Waals surface area (Å²) >= 11 is 5.89. The van der Waals surface area contributed by atoms with E-state index in [9.17, 15) is 4.79 Å². The molecule has 1 atom stereocenters. The fourth-order valence-corrected chi connectivity index (χ4v) is 2.42. The van der Waals surface area contributed by atoms with Gasteiger partial charge in [-0.15, -0.1) is 0 Å². The zero-order valence-electron chi connectivity index (χ0n) is 10.9. The third-order valence-electron chi connectivity index (χ3n) is 3.26. The van der Waals surface area contributed by atoms with Gasteiger partial charge in [0.15, 0.2) is 0 Å². The molecular weight excluding hydrogens is 262 g/mol. The number of carbonyl (C=O) groups is 1. The van der Waals surface area contributed by atoms with Crippen molar-refractivity contribution < 1.29 is 4.79 Å². The highest BCUT2D eigenvalue weighted by Crippen LogP contribution is 2.10. The van der Waals surface area contributed by atoms with E-state index in [0.717, 1.165) is 18.5 Å². The first kappa shape index (κ1) is 14.2. The topological polar surface area (TPSA) is 53.2 Å². The van der Waals surface area contributed by atoms with Crippen LogP contribution in [0.4, 0.5) is 4.79 Å². The Balaban J connectivity index is 1.66. The largest absolute Gasteiger partial charge is 0.337 e. The van der Waals surface area contributed by atoms with Crippen LogP contribution in [0.2, 0.25) is 5.02 Å². The monoisotopic (exact) mass is 281 g/mol. The number of hydrogen-bond acceptors (Lipinski definition) is 2. The third-order valence-corrected chi connectivity index (χ3v) is 3.50.